The van der Waals surface area contributed by atoms with Crippen molar-refractivity contribution in [1.29, 1.82) is 0 Å². The summed E-state index contributed by atoms with van der Waals surface area (Å²) in [6, 6.07) is 0. The Morgan fingerprint density at radius 1 is 1.19 bits per heavy atom. The van der Waals surface area contributed by atoms with E-state index in [0.29, 0.717) is 0 Å². The van der Waals surface area contributed by atoms with Gasteiger partial charge < -0.3 is 9.47 Å². The molecular formula is C13H17BrO2. The van der Waals surface area contributed by atoms with Crippen LogP contribution in [0.2, 0.25) is 0 Å². The van der Waals surface area contributed by atoms with Crippen molar-refractivity contribution in [2.75, 3.05) is 7.11 Å². The van der Waals surface area contributed by atoms with E-state index in [0.717, 1.165) is 12.2 Å². The third kappa shape index (κ3) is 1.57. The van der Waals surface area contributed by atoms with E-state index in [-0.39, 0.29) is 0 Å². The van der Waals surface area contributed by atoms with E-state index in [1.165, 1.54) is 26.7 Å². The molecule has 0 bridgehead atoms. The molecule has 0 radical (unpaired) electrons. The van der Waals surface area contributed by atoms with Gasteiger partial charge in [0.1, 0.15) is 5.75 Å². The van der Waals surface area contributed by atoms with Crippen LogP contribution < -0.4 is 4.74 Å². The molecule has 88 valence electrons. The van der Waals surface area contributed by atoms with Crippen LogP contribution >= 0.6 is 15.9 Å². The van der Waals surface area contributed by atoms with E-state index in [2.05, 4.69) is 36.7 Å². The van der Waals surface area contributed by atoms with E-state index in [9.17, 15) is 0 Å². The smallest absolute Gasteiger partial charge is 0.211 e. The Balaban J connectivity index is 2.62. The summed E-state index contributed by atoms with van der Waals surface area (Å²) in [5.74, 6) is 0.494. The average molecular weight is 285 g/mol. The maximum Gasteiger partial charge on any atom is 0.211 e. The first kappa shape index (κ1) is 11.9. The number of halogens is 1. The molecule has 3 heteroatoms. The summed E-state index contributed by atoms with van der Waals surface area (Å²) in [6.07, 6.45) is 0.810. The van der Waals surface area contributed by atoms with Crippen molar-refractivity contribution in [3.05, 3.63) is 26.7 Å². The summed E-state index contributed by atoms with van der Waals surface area (Å²) in [6.45, 7) is 8.31. The fourth-order valence-corrected chi connectivity index (χ4v) is 2.72. The van der Waals surface area contributed by atoms with Gasteiger partial charge in [0, 0.05) is 30.5 Å². The molecule has 1 aliphatic heterocycles. The van der Waals surface area contributed by atoms with Crippen molar-refractivity contribution < 1.29 is 9.47 Å². The highest BCUT2D eigenvalue weighted by atomic mass is 79.9. The molecule has 0 saturated heterocycles. The van der Waals surface area contributed by atoms with Gasteiger partial charge in [0.2, 0.25) is 5.79 Å². The molecule has 0 aromatic heterocycles. The molecule has 2 nitrogen and oxygen atoms in total. The monoisotopic (exact) mass is 284 g/mol. The van der Waals surface area contributed by atoms with Crippen LogP contribution in [-0.4, -0.2) is 12.9 Å². The number of methoxy groups -OCH3 is 1. The molecule has 0 N–H and O–H groups in total. The lowest BCUT2D eigenvalue weighted by Gasteiger charge is -2.22. The van der Waals surface area contributed by atoms with Crippen molar-refractivity contribution in [3.8, 4) is 5.75 Å². The Bertz CT molecular complexity index is 415. The second-order valence-electron chi connectivity index (χ2n) is 4.61. The van der Waals surface area contributed by atoms with Gasteiger partial charge in [-0.15, -0.1) is 0 Å². The minimum atomic E-state index is -0.509. The number of benzene rings is 1. The van der Waals surface area contributed by atoms with E-state index < -0.39 is 5.79 Å². The van der Waals surface area contributed by atoms with Crippen LogP contribution in [0, 0.1) is 20.8 Å². The Labute approximate surface area is 105 Å². The number of ether oxygens (including phenoxy) is 2. The fourth-order valence-electron chi connectivity index (χ4n) is 2.18. The highest BCUT2D eigenvalue weighted by molar-refractivity contribution is 9.10. The molecule has 1 atom stereocenters. The van der Waals surface area contributed by atoms with Crippen molar-refractivity contribution in [3.63, 3.8) is 0 Å². The first-order valence-electron chi connectivity index (χ1n) is 5.42. The normalized spacial score (nSPS) is 23.1. The average Bonchev–Trinajstić information content (AvgIpc) is 2.63. The molecule has 0 amide bonds. The van der Waals surface area contributed by atoms with Gasteiger partial charge in [-0.1, -0.05) is 15.9 Å². The molecule has 0 fully saturated rings. The number of hydrogen-bond donors (Lipinski definition) is 0. The van der Waals surface area contributed by atoms with Crippen molar-refractivity contribution >= 4 is 15.9 Å². The summed E-state index contributed by atoms with van der Waals surface area (Å²) in [4.78, 5) is 0. The Morgan fingerprint density at radius 2 is 1.81 bits per heavy atom. The lowest BCUT2D eigenvalue weighted by molar-refractivity contribution is -0.134. The third-order valence-corrected chi connectivity index (χ3v) is 4.73. The second kappa shape index (κ2) is 3.74. The van der Waals surface area contributed by atoms with Crippen molar-refractivity contribution in [1.82, 2.24) is 0 Å². The van der Waals surface area contributed by atoms with Gasteiger partial charge in [0.25, 0.3) is 0 Å². The number of rotatable bonds is 1. The number of fused-ring (bicyclic) bond motifs is 1. The first-order valence-corrected chi connectivity index (χ1v) is 6.21. The quantitative estimate of drug-likeness (QED) is 0.783. The molecule has 1 heterocycles. The fraction of sp³-hybridized carbons (Fsp3) is 0.538. The van der Waals surface area contributed by atoms with Crippen molar-refractivity contribution in [2.45, 2.75) is 39.9 Å². The van der Waals surface area contributed by atoms with Crippen LogP contribution in [0.15, 0.2) is 4.47 Å². The van der Waals surface area contributed by atoms with Gasteiger partial charge in [0.05, 0.1) is 0 Å². The summed E-state index contributed by atoms with van der Waals surface area (Å²) in [7, 11) is 1.69. The van der Waals surface area contributed by atoms with Gasteiger partial charge in [-0.05, 0) is 37.5 Å². The van der Waals surface area contributed by atoms with E-state index in [1.807, 2.05) is 6.92 Å². The van der Waals surface area contributed by atoms with Crippen LogP contribution in [0.3, 0.4) is 0 Å². The van der Waals surface area contributed by atoms with Crippen LogP contribution in [0.4, 0.5) is 0 Å². The third-order valence-electron chi connectivity index (χ3n) is 3.54. The lowest BCUT2D eigenvalue weighted by atomic mass is 9.97. The van der Waals surface area contributed by atoms with Gasteiger partial charge in [-0.2, -0.15) is 0 Å². The molecule has 1 aromatic carbocycles. The highest BCUT2D eigenvalue weighted by Crippen LogP contribution is 2.44. The molecule has 1 unspecified atom stereocenters. The molecular weight excluding hydrogens is 268 g/mol. The SMILES string of the molecule is COC1(C)Cc2c(C)c(Br)c(C)c(C)c2O1. The Hall–Kier alpha value is -0.540. The minimum Gasteiger partial charge on any atom is -0.462 e. The first-order chi connectivity index (χ1) is 7.39. The molecule has 1 aliphatic rings. The van der Waals surface area contributed by atoms with Gasteiger partial charge in [-0.25, -0.2) is 0 Å². The second-order valence-corrected chi connectivity index (χ2v) is 5.41. The Morgan fingerprint density at radius 3 is 2.38 bits per heavy atom. The highest BCUT2D eigenvalue weighted by Gasteiger charge is 2.37. The molecule has 2 rings (SSSR count). The zero-order valence-corrected chi connectivity index (χ0v) is 12.0. The van der Waals surface area contributed by atoms with Crippen LogP contribution in [-0.2, 0) is 11.2 Å². The Kier molecular flexibility index (Phi) is 2.79. The lowest BCUT2D eigenvalue weighted by Crippen LogP contribution is -2.32. The maximum absolute atomic E-state index is 5.95. The van der Waals surface area contributed by atoms with Gasteiger partial charge >= 0.3 is 0 Å². The van der Waals surface area contributed by atoms with Crippen LogP contribution in [0.25, 0.3) is 0 Å². The van der Waals surface area contributed by atoms with Crippen molar-refractivity contribution in [2.24, 2.45) is 0 Å². The predicted octanol–water partition coefficient (Wildman–Crippen LogP) is 3.67. The summed E-state index contributed by atoms with van der Waals surface area (Å²) < 4.78 is 12.6. The van der Waals surface area contributed by atoms with E-state index in [4.69, 9.17) is 9.47 Å². The molecule has 0 aliphatic carbocycles. The summed E-state index contributed by atoms with van der Waals surface area (Å²) in [5.41, 5.74) is 4.98. The predicted molar refractivity (Wildman–Crippen MR) is 68.1 cm³/mol. The molecule has 0 spiro atoms. The standard InChI is InChI=1S/C13H17BrO2/c1-7-8(2)12-10(9(3)11(7)14)6-13(4,15-5)16-12/h6H2,1-5H3. The summed E-state index contributed by atoms with van der Waals surface area (Å²) >= 11 is 3.65. The van der Waals surface area contributed by atoms with Crippen LogP contribution in [0.1, 0.15) is 29.2 Å². The molecule has 16 heavy (non-hydrogen) atoms. The minimum absolute atomic E-state index is 0.509. The molecule has 1 aromatic rings. The zero-order valence-electron chi connectivity index (χ0n) is 10.4. The van der Waals surface area contributed by atoms with E-state index >= 15 is 0 Å². The maximum atomic E-state index is 5.95. The topological polar surface area (TPSA) is 18.5 Å². The van der Waals surface area contributed by atoms with Crippen LogP contribution in [0.5, 0.6) is 5.75 Å². The zero-order chi connectivity index (χ0) is 12.1. The molecule has 0 saturated carbocycles. The van der Waals surface area contributed by atoms with E-state index in [1.54, 1.807) is 7.11 Å². The largest absolute Gasteiger partial charge is 0.462 e. The van der Waals surface area contributed by atoms with Gasteiger partial charge in [0.15, 0.2) is 0 Å². The summed E-state index contributed by atoms with van der Waals surface area (Å²) in [5, 5.41) is 0. The number of hydrogen-bond acceptors (Lipinski definition) is 2. The van der Waals surface area contributed by atoms with Gasteiger partial charge in [-0.3, -0.25) is 0 Å².